The molecular formula is C30H35ClN8O9S2. The number of thiazole rings is 1. The number of carbonyl (C=O) groups is 4. The van der Waals surface area contributed by atoms with E-state index in [0.29, 0.717) is 23.1 Å². The number of oxime groups is 1. The molecule has 0 aliphatic carbocycles. The molecule has 2 atom stereocenters. The van der Waals surface area contributed by atoms with E-state index in [2.05, 4.69) is 20.4 Å². The third-order valence-electron chi connectivity index (χ3n) is 8.66. The first kappa shape index (κ1) is 36.7. The fourth-order valence-corrected chi connectivity index (χ4v) is 8.03. The van der Waals surface area contributed by atoms with Crippen LogP contribution in [0.25, 0.3) is 0 Å². The Morgan fingerprint density at radius 3 is 2.58 bits per heavy atom. The number of nitrogens with one attached hydrogen (secondary N) is 1. The number of halogens is 1. The first-order valence-corrected chi connectivity index (χ1v) is 17.6. The number of phenolic OH excluding ortho intramolecular Hbond substituents is 2. The molecule has 1 aromatic heterocycles. The summed E-state index contributed by atoms with van der Waals surface area (Å²) in [5, 5.41) is 48.5. The molecule has 1 aromatic carbocycles. The number of rotatable bonds is 13. The fraction of sp³-hybridized carbons (Fsp3) is 0.433. The van der Waals surface area contributed by atoms with Crippen molar-refractivity contribution in [3.8, 4) is 11.5 Å². The first-order valence-electron chi connectivity index (χ1n) is 15.3. The molecule has 8 N–H and O–H groups in total. The molecule has 268 valence electrons. The van der Waals surface area contributed by atoms with E-state index in [1.807, 2.05) is 0 Å². The van der Waals surface area contributed by atoms with Gasteiger partial charge in [0.1, 0.15) is 29.5 Å². The SMILES string of the molecule is CC(C)(O/N=C(\C(=O)N[C@@H]1C(=O)N2C(C(=O)[O-])=C(C[N+]3(CCN=C(N)c4ccc(O)c(O)c4Cl)CCCC3)CS[C@H]12)c1csc(N)n1)C(=O)O. The Labute approximate surface area is 298 Å². The molecule has 5 rings (SSSR count). The van der Waals surface area contributed by atoms with E-state index in [-0.39, 0.29) is 45.2 Å². The van der Waals surface area contributed by atoms with Crippen molar-refractivity contribution in [1.29, 1.82) is 0 Å². The van der Waals surface area contributed by atoms with Crippen molar-refractivity contribution in [2.24, 2.45) is 15.9 Å². The molecule has 20 heteroatoms. The predicted molar refractivity (Wildman–Crippen MR) is 182 cm³/mol. The Hall–Kier alpha value is -4.59. The van der Waals surface area contributed by atoms with Crippen LogP contribution < -0.4 is 21.9 Å². The minimum Gasteiger partial charge on any atom is -0.543 e. The number of hydrogen-bond acceptors (Lipinski definition) is 14. The van der Waals surface area contributed by atoms with Crippen molar-refractivity contribution < 1.29 is 48.9 Å². The lowest BCUT2D eigenvalue weighted by molar-refractivity contribution is -0.910. The van der Waals surface area contributed by atoms with E-state index in [9.17, 15) is 39.6 Å². The first-order chi connectivity index (χ1) is 23.5. The summed E-state index contributed by atoms with van der Waals surface area (Å²) in [6, 6.07) is 1.57. The van der Waals surface area contributed by atoms with Crippen molar-refractivity contribution in [3.05, 3.63) is 45.1 Å². The summed E-state index contributed by atoms with van der Waals surface area (Å²) in [5.74, 6) is -5.01. The van der Waals surface area contributed by atoms with Crippen LogP contribution in [-0.4, -0.2) is 120 Å². The number of quaternary nitrogens is 1. The molecule has 3 aliphatic heterocycles. The van der Waals surface area contributed by atoms with Gasteiger partial charge >= 0.3 is 5.97 Å². The third kappa shape index (κ3) is 7.30. The number of aliphatic imine (C=N–C) groups is 1. The molecule has 0 bridgehead atoms. The number of benzene rings is 1. The van der Waals surface area contributed by atoms with E-state index < -0.39 is 58.0 Å². The molecule has 3 aliphatic rings. The van der Waals surface area contributed by atoms with Crippen LogP contribution >= 0.6 is 34.7 Å². The molecule has 2 fully saturated rings. The number of amides is 2. The van der Waals surface area contributed by atoms with E-state index in [1.54, 1.807) is 0 Å². The summed E-state index contributed by atoms with van der Waals surface area (Å²) in [6.07, 6.45) is 1.80. The van der Waals surface area contributed by atoms with Crippen molar-refractivity contribution in [3.63, 3.8) is 0 Å². The van der Waals surface area contributed by atoms with E-state index >= 15 is 0 Å². The van der Waals surface area contributed by atoms with Gasteiger partial charge < -0.3 is 51.3 Å². The van der Waals surface area contributed by atoms with Gasteiger partial charge in [-0.2, -0.15) is 0 Å². The van der Waals surface area contributed by atoms with E-state index in [4.69, 9.17) is 27.9 Å². The summed E-state index contributed by atoms with van der Waals surface area (Å²) in [7, 11) is 0. The molecule has 4 heterocycles. The number of carboxylic acid groups (broad SMARTS) is 2. The van der Waals surface area contributed by atoms with Crippen LogP contribution in [0.2, 0.25) is 5.02 Å². The normalized spacial score (nSPS) is 20.7. The number of anilines is 1. The number of hydrogen-bond donors (Lipinski definition) is 6. The summed E-state index contributed by atoms with van der Waals surface area (Å²) in [5.41, 5.74) is 10.2. The topological polar surface area (TPSA) is 266 Å². The van der Waals surface area contributed by atoms with Gasteiger partial charge in [-0.05, 0) is 26.0 Å². The third-order valence-corrected chi connectivity index (χ3v) is 11.1. The van der Waals surface area contributed by atoms with Crippen LogP contribution in [0.1, 0.15) is 37.9 Å². The maximum Gasteiger partial charge on any atom is 0.350 e. The largest absolute Gasteiger partial charge is 0.543 e. The van der Waals surface area contributed by atoms with Crippen molar-refractivity contribution in [2.75, 3.05) is 44.2 Å². The molecule has 0 unspecified atom stereocenters. The highest BCUT2D eigenvalue weighted by Gasteiger charge is 2.54. The maximum atomic E-state index is 13.4. The second-order valence-electron chi connectivity index (χ2n) is 12.5. The standard InChI is InChI=1S/C30H35ClN8O9S2/c1-30(2,28(46)47)48-37-19(16-13-50-29(33)35-16)24(42)36-20-25(43)38-21(27(44)45)14(12-49-26(20)38)11-39(8-3-4-9-39)10-7-34-23(32)15-5-6-17(40)22(41)18(15)31/h5-6,13,20,26H,3-4,7-12H2,1-2H3,(H8-,32,33,34,35,36,37,40,41,42,44,45,46,47)/t20-,26-/m1/s1. The lowest BCUT2D eigenvalue weighted by atomic mass is 10.0. The number of fused-ring (bicyclic) bond motifs is 1. The number of β-lactam (4-membered cyclic amide) rings is 1. The summed E-state index contributed by atoms with van der Waals surface area (Å²) in [6.45, 7) is 5.02. The van der Waals surface area contributed by atoms with Gasteiger partial charge in [0.05, 0.1) is 42.9 Å². The second-order valence-corrected chi connectivity index (χ2v) is 14.8. The maximum absolute atomic E-state index is 13.4. The smallest absolute Gasteiger partial charge is 0.350 e. The molecule has 0 spiro atoms. The number of nitrogen functional groups attached to an aromatic ring is 1. The Morgan fingerprint density at radius 2 is 1.96 bits per heavy atom. The number of aromatic hydroxyl groups is 2. The van der Waals surface area contributed by atoms with Crippen LogP contribution in [0.3, 0.4) is 0 Å². The number of amidine groups is 1. The lowest BCUT2D eigenvalue weighted by Crippen LogP contribution is -2.72. The summed E-state index contributed by atoms with van der Waals surface area (Å²) >= 11 is 8.42. The molecule has 0 radical (unpaired) electrons. The lowest BCUT2D eigenvalue weighted by Gasteiger charge is -2.51. The quantitative estimate of drug-likeness (QED) is 0.0387. The number of nitrogens with zero attached hydrogens (tertiary/aromatic N) is 5. The Morgan fingerprint density at radius 1 is 1.26 bits per heavy atom. The number of carboxylic acids is 2. The van der Waals surface area contributed by atoms with Crippen molar-refractivity contribution >= 4 is 75.1 Å². The van der Waals surface area contributed by atoms with E-state index in [1.165, 1.54) is 43.1 Å². The highest BCUT2D eigenvalue weighted by molar-refractivity contribution is 8.00. The Kier molecular flexibility index (Phi) is 10.5. The number of thioether (sulfide) groups is 1. The van der Waals surface area contributed by atoms with Gasteiger partial charge in [-0.15, -0.1) is 23.1 Å². The number of aromatic nitrogens is 1. The molecule has 0 saturated carbocycles. The van der Waals surface area contributed by atoms with E-state index in [0.717, 1.165) is 42.2 Å². The van der Waals surface area contributed by atoms with Crippen LogP contribution in [0.5, 0.6) is 11.5 Å². The highest BCUT2D eigenvalue weighted by atomic mass is 35.5. The predicted octanol–water partition coefficient (Wildman–Crippen LogP) is -0.206. The number of carbonyl (C=O) groups excluding carboxylic acids is 3. The van der Waals surface area contributed by atoms with Gasteiger partial charge in [0.2, 0.25) is 5.60 Å². The van der Waals surface area contributed by atoms with Gasteiger partial charge in [0.25, 0.3) is 11.8 Å². The average molecular weight is 751 g/mol. The zero-order chi connectivity index (χ0) is 36.5. The van der Waals surface area contributed by atoms with Crippen molar-refractivity contribution in [2.45, 2.75) is 43.7 Å². The van der Waals surface area contributed by atoms with Crippen LogP contribution in [0, 0.1) is 0 Å². The van der Waals surface area contributed by atoms with Gasteiger partial charge in [-0.3, -0.25) is 19.5 Å². The van der Waals surface area contributed by atoms with Gasteiger partial charge in [0, 0.05) is 35.1 Å². The minimum atomic E-state index is -1.79. The molecular weight excluding hydrogens is 716 g/mol. The van der Waals surface area contributed by atoms with Crippen LogP contribution in [0.4, 0.5) is 5.13 Å². The number of nitrogens with two attached hydrogens (primary N) is 2. The highest BCUT2D eigenvalue weighted by Crippen LogP contribution is 2.41. The zero-order valence-electron chi connectivity index (χ0n) is 26.9. The Bertz CT molecular complexity index is 1820. The average Bonchev–Trinajstić information content (AvgIpc) is 3.71. The van der Waals surface area contributed by atoms with Crippen LogP contribution in [-0.2, 0) is 24.0 Å². The zero-order valence-corrected chi connectivity index (χ0v) is 29.3. The van der Waals surface area contributed by atoms with Crippen LogP contribution in [0.15, 0.2) is 38.9 Å². The number of likely N-dealkylation sites (tertiary alicyclic amines) is 1. The minimum absolute atomic E-state index is 0.00115. The summed E-state index contributed by atoms with van der Waals surface area (Å²) < 4.78 is 0.494. The van der Waals surface area contributed by atoms with Gasteiger partial charge in [0.15, 0.2) is 22.3 Å². The number of aliphatic carboxylic acids is 2. The van der Waals surface area contributed by atoms with Crippen molar-refractivity contribution in [1.82, 2.24) is 15.2 Å². The Balaban J connectivity index is 1.32. The molecule has 50 heavy (non-hydrogen) atoms. The monoisotopic (exact) mass is 750 g/mol. The molecule has 2 amide bonds. The van der Waals surface area contributed by atoms with Gasteiger partial charge in [-0.25, -0.2) is 9.78 Å². The summed E-state index contributed by atoms with van der Waals surface area (Å²) in [4.78, 5) is 65.6. The molecule has 17 nitrogen and oxygen atoms in total. The number of phenols is 2. The van der Waals surface area contributed by atoms with Gasteiger partial charge in [-0.1, -0.05) is 16.8 Å². The second kappa shape index (κ2) is 14.3. The fourth-order valence-electron chi connectivity index (χ4n) is 5.89. The molecule has 2 aromatic rings. The molecule has 2 saturated heterocycles.